The van der Waals surface area contributed by atoms with Gasteiger partial charge in [-0.1, -0.05) is 11.6 Å². The quantitative estimate of drug-likeness (QED) is 0.854. The first-order valence-corrected chi connectivity index (χ1v) is 6.04. The third kappa shape index (κ3) is 3.09. The summed E-state index contributed by atoms with van der Waals surface area (Å²) in [6.45, 7) is 0.702. The molecule has 2 N–H and O–H groups in total. The van der Waals surface area contributed by atoms with Crippen molar-refractivity contribution in [2.45, 2.75) is 25.3 Å². The first-order valence-electron chi connectivity index (χ1n) is 5.66. The van der Waals surface area contributed by atoms with Crippen molar-refractivity contribution in [1.82, 2.24) is 5.32 Å². The fourth-order valence-corrected chi connectivity index (χ4v) is 2.04. The summed E-state index contributed by atoms with van der Waals surface area (Å²) in [5.41, 5.74) is 0.466. The number of amides is 1. The van der Waals surface area contributed by atoms with Crippen molar-refractivity contribution in [3.05, 3.63) is 29.0 Å². The van der Waals surface area contributed by atoms with Crippen LogP contribution in [0.15, 0.2) is 18.2 Å². The number of hydrogen-bond acceptors (Lipinski definition) is 2. The lowest BCUT2D eigenvalue weighted by atomic mass is 10.1. The Kier molecular flexibility index (Phi) is 3.84. The van der Waals surface area contributed by atoms with Crippen molar-refractivity contribution in [3.63, 3.8) is 0 Å². The third-order valence-corrected chi connectivity index (χ3v) is 3.12. The average Bonchev–Trinajstić information content (AvgIpc) is 2.50. The second kappa shape index (κ2) is 5.36. The van der Waals surface area contributed by atoms with E-state index in [2.05, 4.69) is 10.6 Å². The van der Waals surface area contributed by atoms with Gasteiger partial charge in [0.25, 0.3) is 0 Å². The summed E-state index contributed by atoms with van der Waals surface area (Å²) in [5, 5.41) is 6.23. The second-order valence-electron chi connectivity index (χ2n) is 4.11. The Balaban J connectivity index is 2.13. The van der Waals surface area contributed by atoms with Crippen LogP contribution in [0.4, 0.5) is 10.1 Å². The number of hydrogen-bond donors (Lipinski definition) is 2. The Hall–Kier alpha value is -1.29. The van der Waals surface area contributed by atoms with Crippen LogP contribution in [-0.2, 0) is 4.79 Å². The largest absolute Gasteiger partial charge is 0.372 e. The van der Waals surface area contributed by atoms with E-state index in [9.17, 15) is 9.18 Å². The summed E-state index contributed by atoms with van der Waals surface area (Å²) in [6, 6.07) is 3.74. The minimum absolute atomic E-state index is 0.0529. The zero-order valence-electron chi connectivity index (χ0n) is 9.30. The predicted octanol–water partition coefficient (Wildman–Crippen LogP) is 2.56. The van der Waals surface area contributed by atoms with Crippen molar-refractivity contribution in [2.24, 2.45) is 0 Å². The number of carbonyl (C=O) groups excluding carboxylic acids is 1. The SMILES string of the molecule is O=C1NCCCCC1Nc1cc(F)ccc1Cl. The van der Waals surface area contributed by atoms with Gasteiger partial charge >= 0.3 is 0 Å². The topological polar surface area (TPSA) is 41.1 Å². The Morgan fingerprint density at radius 3 is 3.06 bits per heavy atom. The molecule has 1 aliphatic heterocycles. The maximum atomic E-state index is 13.1. The Labute approximate surface area is 104 Å². The van der Waals surface area contributed by atoms with Crippen molar-refractivity contribution < 1.29 is 9.18 Å². The second-order valence-corrected chi connectivity index (χ2v) is 4.52. The molecule has 1 aromatic rings. The van der Waals surface area contributed by atoms with Crippen LogP contribution >= 0.6 is 11.6 Å². The molecule has 1 unspecified atom stereocenters. The number of benzene rings is 1. The van der Waals surface area contributed by atoms with E-state index in [1.807, 2.05) is 0 Å². The molecule has 0 aromatic heterocycles. The average molecular weight is 257 g/mol. The van der Waals surface area contributed by atoms with Gasteiger partial charge in [-0.2, -0.15) is 0 Å². The van der Waals surface area contributed by atoms with Gasteiger partial charge in [0.15, 0.2) is 0 Å². The van der Waals surface area contributed by atoms with Gasteiger partial charge < -0.3 is 10.6 Å². The molecular weight excluding hydrogens is 243 g/mol. The highest BCUT2D eigenvalue weighted by atomic mass is 35.5. The molecule has 1 saturated heterocycles. The monoisotopic (exact) mass is 256 g/mol. The Morgan fingerprint density at radius 2 is 2.24 bits per heavy atom. The van der Waals surface area contributed by atoms with Gasteiger partial charge in [-0.15, -0.1) is 0 Å². The van der Waals surface area contributed by atoms with Crippen LogP contribution in [0.25, 0.3) is 0 Å². The van der Waals surface area contributed by atoms with Crippen LogP contribution in [0.2, 0.25) is 5.02 Å². The van der Waals surface area contributed by atoms with E-state index >= 15 is 0 Å². The Bertz CT molecular complexity index is 425. The van der Waals surface area contributed by atoms with E-state index in [1.165, 1.54) is 18.2 Å². The summed E-state index contributed by atoms with van der Waals surface area (Å²) in [6.07, 6.45) is 2.67. The normalized spacial score (nSPS) is 20.6. The van der Waals surface area contributed by atoms with Crippen LogP contribution in [-0.4, -0.2) is 18.5 Å². The summed E-state index contributed by atoms with van der Waals surface area (Å²) >= 11 is 5.94. The van der Waals surface area contributed by atoms with E-state index in [0.717, 1.165) is 19.3 Å². The first kappa shape index (κ1) is 12.2. The fourth-order valence-electron chi connectivity index (χ4n) is 1.87. The van der Waals surface area contributed by atoms with Gasteiger partial charge in [0.05, 0.1) is 10.7 Å². The highest BCUT2D eigenvalue weighted by Gasteiger charge is 2.21. The van der Waals surface area contributed by atoms with Gasteiger partial charge in [-0.05, 0) is 37.5 Å². The molecule has 1 atom stereocenters. The fraction of sp³-hybridized carbons (Fsp3) is 0.417. The molecule has 0 bridgehead atoms. The van der Waals surface area contributed by atoms with Crippen LogP contribution in [0.1, 0.15) is 19.3 Å². The number of carbonyl (C=O) groups is 1. The number of rotatable bonds is 2. The maximum Gasteiger partial charge on any atom is 0.242 e. The summed E-state index contributed by atoms with van der Waals surface area (Å²) in [4.78, 5) is 11.7. The molecule has 1 heterocycles. The summed E-state index contributed by atoms with van der Waals surface area (Å²) < 4.78 is 13.1. The smallest absolute Gasteiger partial charge is 0.242 e. The van der Waals surface area contributed by atoms with Crippen molar-refractivity contribution in [2.75, 3.05) is 11.9 Å². The van der Waals surface area contributed by atoms with Crippen molar-refractivity contribution >= 4 is 23.2 Å². The minimum Gasteiger partial charge on any atom is -0.372 e. The lowest BCUT2D eigenvalue weighted by molar-refractivity contribution is -0.121. The molecule has 5 heteroatoms. The third-order valence-electron chi connectivity index (χ3n) is 2.79. The van der Waals surface area contributed by atoms with E-state index in [-0.39, 0.29) is 17.8 Å². The molecule has 1 amide bonds. The van der Waals surface area contributed by atoms with Crippen LogP contribution in [0.5, 0.6) is 0 Å². The van der Waals surface area contributed by atoms with Crippen molar-refractivity contribution in [3.8, 4) is 0 Å². The standard InChI is InChI=1S/C12H14ClFN2O/c13-9-5-4-8(14)7-11(9)16-10-3-1-2-6-15-12(10)17/h4-5,7,10,16H,1-3,6H2,(H,15,17). The molecule has 1 fully saturated rings. The molecule has 0 aliphatic carbocycles. The molecule has 17 heavy (non-hydrogen) atoms. The van der Waals surface area contributed by atoms with Crippen molar-refractivity contribution in [1.29, 1.82) is 0 Å². The molecule has 0 spiro atoms. The lowest BCUT2D eigenvalue weighted by Crippen LogP contribution is -2.37. The van der Waals surface area contributed by atoms with Gasteiger partial charge in [0.1, 0.15) is 11.9 Å². The highest BCUT2D eigenvalue weighted by molar-refractivity contribution is 6.33. The number of halogens is 2. The minimum atomic E-state index is -0.370. The zero-order valence-corrected chi connectivity index (χ0v) is 10.1. The molecule has 1 aromatic carbocycles. The van der Waals surface area contributed by atoms with E-state index in [0.29, 0.717) is 17.3 Å². The van der Waals surface area contributed by atoms with E-state index in [4.69, 9.17) is 11.6 Å². The molecule has 92 valence electrons. The maximum absolute atomic E-state index is 13.1. The summed E-state index contributed by atoms with van der Waals surface area (Å²) in [7, 11) is 0. The van der Waals surface area contributed by atoms with Crippen LogP contribution in [0.3, 0.4) is 0 Å². The van der Waals surface area contributed by atoms with Gasteiger partial charge in [0, 0.05) is 6.54 Å². The van der Waals surface area contributed by atoms with Gasteiger partial charge in [-0.3, -0.25) is 4.79 Å². The molecule has 2 rings (SSSR count). The molecule has 0 saturated carbocycles. The first-order chi connectivity index (χ1) is 8.16. The zero-order chi connectivity index (χ0) is 12.3. The molecular formula is C12H14ClFN2O. The number of nitrogens with one attached hydrogen (secondary N) is 2. The molecule has 3 nitrogen and oxygen atoms in total. The Morgan fingerprint density at radius 1 is 1.41 bits per heavy atom. The lowest BCUT2D eigenvalue weighted by Gasteiger charge is -2.17. The van der Waals surface area contributed by atoms with Crippen LogP contribution < -0.4 is 10.6 Å². The predicted molar refractivity (Wildman–Crippen MR) is 65.7 cm³/mol. The van der Waals surface area contributed by atoms with E-state index < -0.39 is 0 Å². The molecule has 0 radical (unpaired) electrons. The number of anilines is 1. The summed E-state index contributed by atoms with van der Waals surface area (Å²) in [5.74, 6) is -0.422. The highest BCUT2D eigenvalue weighted by Crippen LogP contribution is 2.24. The van der Waals surface area contributed by atoms with Crippen LogP contribution in [0, 0.1) is 5.82 Å². The molecule has 1 aliphatic rings. The van der Waals surface area contributed by atoms with Gasteiger partial charge in [0.2, 0.25) is 5.91 Å². The van der Waals surface area contributed by atoms with E-state index in [1.54, 1.807) is 0 Å². The van der Waals surface area contributed by atoms with Gasteiger partial charge in [-0.25, -0.2) is 4.39 Å².